The maximum absolute atomic E-state index is 12.6. The number of imidazole rings is 1. The van der Waals surface area contributed by atoms with Gasteiger partial charge in [0, 0.05) is 42.4 Å². The van der Waals surface area contributed by atoms with E-state index < -0.39 is 5.91 Å². The molecule has 0 radical (unpaired) electrons. The zero-order valence-corrected chi connectivity index (χ0v) is 16.3. The van der Waals surface area contributed by atoms with Crippen LogP contribution in [0.1, 0.15) is 47.2 Å². The molecule has 6 nitrogen and oxygen atoms in total. The number of carbonyl (C=O) groups is 1. The first-order valence-electron chi connectivity index (χ1n) is 8.92. The number of carbonyl (C=O) groups excluding carboxylic acids is 1. The van der Waals surface area contributed by atoms with Crippen LogP contribution in [0.3, 0.4) is 0 Å². The van der Waals surface area contributed by atoms with E-state index in [9.17, 15) is 9.59 Å². The van der Waals surface area contributed by atoms with E-state index in [4.69, 9.17) is 0 Å². The minimum Gasteiger partial charge on any atom is -0.322 e. The molecule has 1 amide bonds. The Morgan fingerprint density at radius 2 is 1.81 bits per heavy atom. The Hall–Kier alpha value is -3.15. The van der Waals surface area contributed by atoms with Crippen LogP contribution in [0.15, 0.2) is 47.5 Å². The fourth-order valence-electron chi connectivity index (χ4n) is 3.11. The molecule has 0 unspecified atom stereocenters. The number of pyridine rings is 1. The van der Waals surface area contributed by atoms with Gasteiger partial charge in [-0.2, -0.15) is 0 Å². The van der Waals surface area contributed by atoms with Crippen molar-refractivity contribution in [1.82, 2.24) is 14.1 Å². The lowest BCUT2D eigenvalue weighted by atomic mass is 10.1. The highest BCUT2D eigenvalue weighted by Crippen LogP contribution is 2.20. The number of hydrogen-bond donors (Lipinski definition) is 1. The number of nitrogens with zero attached hydrogens (tertiary/aromatic N) is 3. The van der Waals surface area contributed by atoms with Gasteiger partial charge in [0.15, 0.2) is 0 Å². The topological polar surface area (TPSA) is 68.9 Å². The molecule has 6 heteroatoms. The summed E-state index contributed by atoms with van der Waals surface area (Å²) in [5.74, 6) is 0.886. The van der Waals surface area contributed by atoms with Crippen LogP contribution in [-0.4, -0.2) is 20.0 Å². The lowest BCUT2D eigenvalue weighted by Gasteiger charge is -2.13. The largest absolute Gasteiger partial charge is 0.322 e. The standard InChI is InChI=1S/C21H24N4O2/c1-13(2)19-22-10-11-25(19)17-8-6-16(7-9-17)23-20(26)18-14(3)12-15(4)24(5)21(18)27/h6-13H,1-5H3,(H,23,26). The van der Waals surface area contributed by atoms with Gasteiger partial charge < -0.3 is 14.5 Å². The zero-order chi connectivity index (χ0) is 19.7. The van der Waals surface area contributed by atoms with Crippen LogP contribution in [0.25, 0.3) is 5.69 Å². The molecule has 3 rings (SSSR count). The van der Waals surface area contributed by atoms with Gasteiger partial charge in [0.05, 0.1) is 0 Å². The summed E-state index contributed by atoms with van der Waals surface area (Å²) in [4.78, 5) is 29.5. The monoisotopic (exact) mass is 364 g/mol. The predicted molar refractivity (Wildman–Crippen MR) is 107 cm³/mol. The quantitative estimate of drug-likeness (QED) is 0.769. The van der Waals surface area contributed by atoms with Gasteiger partial charge >= 0.3 is 0 Å². The highest BCUT2D eigenvalue weighted by molar-refractivity contribution is 6.05. The second kappa shape index (κ2) is 7.23. The SMILES string of the molecule is Cc1cc(C)n(C)c(=O)c1C(=O)Nc1ccc(-n2ccnc2C(C)C)cc1. The minimum absolute atomic E-state index is 0.170. The van der Waals surface area contributed by atoms with Gasteiger partial charge in [0.1, 0.15) is 11.4 Å². The molecular formula is C21H24N4O2. The smallest absolute Gasteiger partial charge is 0.263 e. The predicted octanol–water partition coefficient (Wildman–Crippen LogP) is 3.56. The number of benzene rings is 1. The third-order valence-corrected chi connectivity index (χ3v) is 4.68. The highest BCUT2D eigenvalue weighted by atomic mass is 16.2. The molecule has 0 fully saturated rings. The molecule has 0 aliphatic rings. The molecule has 0 aliphatic heterocycles. The van der Waals surface area contributed by atoms with Crippen molar-refractivity contribution in [3.05, 3.63) is 75.7 Å². The van der Waals surface area contributed by atoms with Crippen LogP contribution in [0.4, 0.5) is 5.69 Å². The van der Waals surface area contributed by atoms with Crippen molar-refractivity contribution in [2.75, 3.05) is 5.32 Å². The fraction of sp³-hybridized carbons (Fsp3) is 0.286. The van der Waals surface area contributed by atoms with Crippen molar-refractivity contribution in [2.45, 2.75) is 33.6 Å². The summed E-state index contributed by atoms with van der Waals surface area (Å²) in [5, 5.41) is 2.82. The first-order chi connectivity index (χ1) is 12.8. The molecule has 0 saturated carbocycles. The summed E-state index contributed by atoms with van der Waals surface area (Å²) < 4.78 is 3.51. The molecule has 2 heterocycles. The number of aryl methyl sites for hydroxylation is 2. The zero-order valence-electron chi connectivity index (χ0n) is 16.3. The van der Waals surface area contributed by atoms with E-state index in [0.29, 0.717) is 17.2 Å². The molecule has 1 aromatic carbocycles. The summed E-state index contributed by atoms with van der Waals surface area (Å²) in [5.41, 5.74) is 2.98. The Labute approximate surface area is 158 Å². The maximum Gasteiger partial charge on any atom is 0.263 e. The van der Waals surface area contributed by atoms with Crippen molar-refractivity contribution in [1.29, 1.82) is 0 Å². The number of amides is 1. The second-order valence-corrected chi connectivity index (χ2v) is 7.02. The molecule has 140 valence electrons. The molecule has 0 atom stereocenters. The minimum atomic E-state index is -0.397. The number of rotatable bonds is 4. The van der Waals surface area contributed by atoms with Gasteiger partial charge in [-0.1, -0.05) is 13.8 Å². The lowest BCUT2D eigenvalue weighted by Crippen LogP contribution is -2.30. The third-order valence-electron chi connectivity index (χ3n) is 4.68. The molecule has 27 heavy (non-hydrogen) atoms. The molecule has 3 aromatic rings. The van der Waals surface area contributed by atoms with E-state index in [1.807, 2.05) is 48.0 Å². The van der Waals surface area contributed by atoms with Crippen LogP contribution >= 0.6 is 0 Å². The van der Waals surface area contributed by atoms with Crippen LogP contribution in [0.2, 0.25) is 0 Å². The van der Waals surface area contributed by atoms with Gasteiger partial charge in [0.25, 0.3) is 11.5 Å². The molecule has 0 spiro atoms. The van der Waals surface area contributed by atoms with E-state index in [0.717, 1.165) is 17.2 Å². The number of anilines is 1. The normalized spacial score (nSPS) is 11.0. The first kappa shape index (κ1) is 18.6. The third kappa shape index (κ3) is 3.56. The summed E-state index contributed by atoms with van der Waals surface area (Å²) in [6.45, 7) is 7.81. The summed E-state index contributed by atoms with van der Waals surface area (Å²) in [6, 6.07) is 9.33. The number of aromatic nitrogens is 3. The average Bonchev–Trinajstić information content (AvgIpc) is 3.10. The summed E-state index contributed by atoms with van der Waals surface area (Å²) >= 11 is 0. The maximum atomic E-state index is 12.6. The van der Waals surface area contributed by atoms with Gasteiger partial charge in [-0.25, -0.2) is 4.98 Å². The van der Waals surface area contributed by atoms with Crippen molar-refractivity contribution >= 4 is 11.6 Å². The summed E-state index contributed by atoms with van der Waals surface area (Å²) in [6.07, 6.45) is 3.70. The van der Waals surface area contributed by atoms with Gasteiger partial charge in [-0.15, -0.1) is 0 Å². The van der Waals surface area contributed by atoms with Gasteiger partial charge in [-0.05, 0) is 49.7 Å². The van der Waals surface area contributed by atoms with E-state index in [2.05, 4.69) is 24.1 Å². The Balaban J connectivity index is 1.86. The molecule has 0 aliphatic carbocycles. The second-order valence-electron chi connectivity index (χ2n) is 7.02. The van der Waals surface area contributed by atoms with Gasteiger partial charge in [-0.3, -0.25) is 9.59 Å². The fourth-order valence-corrected chi connectivity index (χ4v) is 3.11. The van der Waals surface area contributed by atoms with Crippen LogP contribution in [-0.2, 0) is 7.05 Å². The number of hydrogen-bond acceptors (Lipinski definition) is 3. The van der Waals surface area contributed by atoms with E-state index in [-0.39, 0.29) is 11.1 Å². The van der Waals surface area contributed by atoms with Crippen molar-refractivity contribution in [3.8, 4) is 5.69 Å². The van der Waals surface area contributed by atoms with Crippen molar-refractivity contribution < 1.29 is 4.79 Å². The van der Waals surface area contributed by atoms with Crippen LogP contribution in [0.5, 0.6) is 0 Å². The molecular weight excluding hydrogens is 340 g/mol. The average molecular weight is 364 g/mol. The number of nitrogens with one attached hydrogen (secondary N) is 1. The lowest BCUT2D eigenvalue weighted by molar-refractivity contribution is 0.102. The molecule has 0 bridgehead atoms. The van der Waals surface area contributed by atoms with Gasteiger partial charge in [0.2, 0.25) is 0 Å². The Morgan fingerprint density at radius 1 is 1.15 bits per heavy atom. The molecule has 2 aromatic heterocycles. The highest BCUT2D eigenvalue weighted by Gasteiger charge is 2.16. The molecule has 0 saturated heterocycles. The Bertz CT molecular complexity index is 1040. The first-order valence-corrected chi connectivity index (χ1v) is 8.92. The van der Waals surface area contributed by atoms with E-state index in [1.165, 1.54) is 4.57 Å². The van der Waals surface area contributed by atoms with Crippen LogP contribution in [0, 0.1) is 13.8 Å². The van der Waals surface area contributed by atoms with Crippen LogP contribution < -0.4 is 10.9 Å². The summed E-state index contributed by atoms with van der Waals surface area (Å²) in [7, 11) is 1.67. The molecule has 1 N–H and O–H groups in total. The Kier molecular flexibility index (Phi) is 4.99. The van der Waals surface area contributed by atoms with Crippen molar-refractivity contribution in [2.24, 2.45) is 7.05 Å². The van der Waals surface area contributed by atoms with E-state index in [1.54, 1.807) is 20.2 Å². The van der Waals surface area contributed by atoms with Crippen molar-refractivity contribution in [3.63, 3.8) is 0 Å². The van der Waals surface area contributed by atoms with E-state index >= 15 is 0 Å². The Morgan fingerprint density at radius 3 is 2.44 bits per heavy atom.